The number of nitrogens with one attached hydrogen (secondary N) is 1. The summed E-state index contributed by atoms with van der Waals surface area (Å²) in [6.45, 7) is 2.08. The van der Waals surface area contributed by atoms with Crippen molar-refractivity contribution < 1.29 is 0 Å². The highest BCUT2D eigenvalue weighted by Gasteiger charge is 2.17. The van der Waals surface area contributed by atoms with E-state index in [1.807, 2.05) is 24.5 Å². The molecule has 0 saturated carbocycles. The van der Waals surface area contributed by atoms with E-state index in [-0.39, 0.29) is 0 Å². The van der Waals surface area contributed by atoms with Crippen LogP contribution in [0.3, 0.4) is 0 Å². The smallest absolute Gasteiger partial charge is 0.102 e. The summed E-state index contributed by atoms with van der Waals surface area (Å²) < 4.78 is 0. The van der Waals surface area contributed by atoms with Gasteiger partial charge < -0.3 is 10.2 Å². The molecule has 1 heterocycles. The maximum absolute atomic E-state index is 9.38. The fourth-order valence-electron chi connectivity index (χ4n) is 2.63. The molecule has 1 saturated heterocycles. The maximum atomic E-state index is 9.38. The zero-order valence-corrected chi connectivity index (χ0v) is 12.5. The molecule has 2 rings (SSSR count). The number of anilines is 1. The predicted octanol–water partition coefficient (Wildman–Crippen LogP) is 2.86. The highest BCUT2D eigenvalue weighted by molar-refractivity contribution is 7.98. The minimum absolute atomic E-state index is 0.545. The Morgan fingerprint density at radius 2 is 2.32 bits per heavy atom. The van der Waals surface area contributed by atoms with Crippen molar-refractivity contribution in [3.05, 3.63) is 23.8 Å². The van der Waals surface area contributed by atoms with Gasteiger partial charge in [-0.2, -0.15) is 5.26 Å². The molecular weight excluding hydrogens is 254 g/mol. The summed E-state index contributed by atoms with van der Waals surface area (Å²) in [6, 6.07) is 8.99. The van der Waals surface area contributed by atoms with Gasteiger partial charge in [0.2, 0.25) is 0 Å². The normalized spacial score (nSPS) is 18.9. The van der Waals surface area contributed by atoms with Crippen LogP contribution < -0.4 is 10.2 Å². The summed E-state index contributed by atoms with van der Waals surface area (Å²) in [7, 11) is 2.08. The highest BCUT2D eigenvalue weighted by Crippen LogP contribution is 2.28. The number of nitrogens with zero attached hydrogens (tertiary/aromatic N) is 2. The first-order chi connectivity index (χ1) is 9.26. The fourth-order valence-corrected chi connectivity index (χ4v) is 3.20. The molecule has 0 amide bonds. The number of likely N-dealkylation sites (N-methyl/N-ethyl adjacent to an activating group) is 1. The Morgan fingerprint density at radius 1 is 1.47 bits per heavy atom. The fraction of sp³-hybridized carbons (Fsp3) is 0.533. The molecule has 1 atom stereocenters. The topological polar surface area (TPSA) is 39.1 Å². The van der Waals surface area contributed by atoms with E-state index in [1.165, 1.54) is 19.3 Å². The molecule has 1 unspecified atom stereocenters. The Morgan fingerprint density at radius 3 is 2.95 bits per heavy atom. The molecule has 1 aromatic carbocycles. The lowest BCUT2D eigenvalue weighted by atomic mass is 10.0. The first kappa shape index (κ1) is 14.2. The number of nitriles is 1. The second-order valence-electron chi connectivity index (χ2n) is 4.99. The third kappa shape index (κ3) is 3.43. The van der Waals surface area contributed by atoms with E-state index in [0.717, 1.165) is 29.2 Å². The van der Waals surface area contributed by atoms with Crippen molar-refractivity contribution in [1.82, 2.24) is 5.32 Å². The third-order valence-electron chi connectivity index (χ3n) is 3.65. The molecule has 102 valence electrons. The molecule has 3 nitrogen and oxygen atoms in total. The molecule has 1 aliphatic rings. The SMILES string of the molecule is CSc1cccc(N(C)CC2CCCCN2)c1C#N. The monoisotopic (exact) mass is 275 g/mol. The van der Waals surface area contributed by atoms with Gasteiger partial charge in [0, 0.05) is 24.5 Å². The Kier molecular flexibility index (Phi) is 5.12. The molecule has 1 fully saturated rings. The first-order valence-electron chi connectivity index (χ1n) is 6.78. The zero-order valence-electron chi connectivity index (χ0n) is 11.6. The van der Waals surface area contributed by atoms with Crippen LogP contribution in [0.15, 0.2) is 23.1 Å². The summed E-state index contributed by atoms with van der Waals surface area (Å²) >= 11 is 1.63. The van der Waals surface area contributed by atoms with E-state index in [9.17, 15) is 5.26 Å². The van der Waals surface area contributed by atoms with Gasteiger partial charge in [-0.25, -0.2) is 0 Å². The van der Waals surface area contributed by atoms with Crippen molar-refractivity contribution in [2.75, 3.05) is 31.3 Å². The van der Waals surface area contributed by atoms with Crippen LogP contribution >= 0.6 is 11.8 Å². The summed E-state index contributed by atoms with van der Waals surface area (Å²) in [5, 5.41) is 12.9. The van der Waals surface area contributed by atoms with Crippen LogP contribution in [-0.2, 0) is 0 Å². The van der Waals surface area contributed by atoms with Gasteiger partial charge in [-0.1, -0.05) is 12.5 Å². The van der Waals surface area contributed by atoms with Gasteiger partial charge in [0.15, 0.2) is 0 Å². The molecular formula is C15H21N3S. The van der Waals surface area contributed by atoms with Gasteiger partial charge >= 0.3 is 0 Å². The Bertz CT molecular complexity index is 461. The zero-order chi connectivity index (χ0) is 13.7. The Labute approximate surface area is 120 Å². The Balaban J connectivity index is 2.14. The lowest BCUT2D eigenvalue weighted by Crippen LogP contribution is -2.42. The van der Waals surface area contributed by atoms with E-state index < -0.39 is 0 Å². The molecule has 1 N–H and O–H groups in total. The first-order valence-corrected chi connectivity index (χ1v) is 8.00. The molecule has 0 bridgehead atoms. The van der Waals surface area contributed by atoms with E-state index in [1.54, 1.807) is 11.8 Å². The molecule has 0 aliphatic carbocycles. The van der Waals surface area contributed by atoms with Gasteiger partial charge in [0.25, 0.3) is 0 Å². The van der Waals surface area contributed by atoms with E-state index in [4.69, 9.17) is 0 Å². The van der Waals surface area contributed by atoms with Crippen molar-refractivity contribution in [2.45, 2.75) is 30.2 Å². The van der Waals surface area contributed by atoms with Crippen molar-refractivity contribution >= 4 is 17.4 Å². The van der Waals surface area contributed by atoms with Crippen molar-refractivity contribution in [3.8, 4) is 6.07 Å². The summed E-state index contributed by atoms with van der Waals surface area (Å²) in [4.78, 5) is 3.27. The number of piperidine rings is 1. The molecule has 4 heteroatoms. The number of rotatable bonds is 4. The van der Waals surface area contributed by atoms with Crippen LogP contribution in [0.1, 0.15) is 24.8 Å². The van der Waals surface area contributed by atoms with Crippen molar-refractivity contribution in [3.63, 3.8) is 0 Å². The van der Waals surface area contributed by atoms with Crippen LogP contribution in [0.4, 0.5) is 5.69 Å². The summed E-state index contributed by atoms with van der Waals surface area (Å²) in [6.07, 6.45) is 5.84. The average Bonchev–Trinajstić information content (AvgIpc) is 2.47. The second kappa shape index (κ2) is 6.83. The largest absolute Gasteiger partial charge is 0.372 e. The minimum atomic E-state index is 0.545. The van der Waals surface area contributed by atoms with Gasteiger partial charge in [-0.05, 0) is 37.8 Å². The standard InChI is InChI=1S/C15H21N3S/c1-18(11-12-6-3-4-9-17-12)14-7-5-8-15(19-2)13(14)10-16/h5,7-8,12,17H,3-4,6,9,11H2,1-2H3. The molecule has 1 aliphatic heterocycles. The van der Waals surface area contributed by atoms with Crippen LogP contribution in [-0.4, -0.2) is 32.4 Å². The van der Waals surface area contributed by atoms with E-state index in [0.29, 0.717) is 6.04 Å². The van der Waals surface area contributed by atoms with Gasteiger partial charge in [-0.15, -0.1) is 11.8 Å². The van der Waals surface area contributed by atoms with E-state index >= 15 is 0 Å². The van der Waals surface area contributed by atoms with Gasteiger partial charge in [-0.3, -0.25) is 0 Å². The number of thioether (sulfide) groups is 1. The van der Waals surface area contributed by atoms with Crippen LogP contribution in [0, 0.1) is 11.3 Å². The van der Waals surface area contributed by atoms with Gasteiger partial charge in [0.1, 0.15) is 6.07 Å². The summed E-state index contributed by atoms with van der Waals surface area (Å²) in [5.74, 6) is 0. The number of hydrogen-bond donors (Lipinski definition) is 1. The van der Waals surface area contributed by atoms with E-state index in [2.05, 4.69) is 23.3 Å². The van der Waals surface area contributed by atoms with Gasteiger partial charge in [0.05, 0.1) is 11.3 Å². The second-order valence-corrected chi connectivity index (χ2v) is 5.84. The lowest BCUT2D eigenvalue weighted by molar-refractivity contribution is 0.403. The quantitative estimate of drug-likeness (QED) is 0.858. The summed E-state index contributed by atoms with van der Waals surface area (Å²) in [5.41, 5.74) is 1.84. The van der Waals surface area contributed by atoms with Crippen LogP contribution in [0.2, 0.25) is 0 Å². The lowest BCUT2D eigenvalue weighted by Gasteiger charge is -2.30. The van der Waals surface area contributed by atoms with Crippen molar-refractivity contribution in [1.29, 1.82) is 5.26 Å². The van der Waals surface area contributed by atoms with Crippen LogP contribution in [0.25, 0.3) is 0 Å². The van der Waals surface area contributed by atoms with Crippen molar-refractivity contribution in [2.24, 2.45) is 0 Å². The number of benzene rings is 1. The molecule has 1 aromatic rings. The number of hydrogen-bond acceptors (Lipinski definition) is 4. The predicted molar refractivity (Wildman–Crippen MR) is 81.8 cm³/mol. The third-order valence-corrected chi connectivity index (χ3v) is 4.43. The molecule has 0 spiro atoms. The Hall–Kier alpha value is -1.18. The molecule has 0 radical (unpaired) electrons. The maximum Gasteiger partial charge on any atom is 0.102 e. The molecule has 0 aromatic heterocycles. The highest BCUT2D eigenvalue weighted by atomic mass is 32.2. The minimum Gasteiger partial charge on any atom is -0.372 e. The molecule has 19 heavy (non-hydrogen) atoms. The van der Waals surface area contributed by atoms with Crippen LogP contribution in [0.5, 0.6) is 0 Å². The average molecular weight is 275 g/mol.